The molecule has 0 atom stereocenters. The maximum Gasteiger partial charge on any atom is 0.416 e. The number of nitrogens with zero attached hydrogens (tertiary/aromatic N) is 1. The van der Waals surface area contributed by atoms with Crippen molar-refractivity contribution in [3.8, 4) is 0 Å². The molecule has 0 radical (unpaired) electrons. The van der Waals surface area contributed by atoms with Crippen LogP contribution < -0.4 is 0 Å². The number of rotatable bonds is 5. The molecular weight excluding hydrogens is 361 g/mol. The predicted molar refractivity (Wildman–Crippen MR) is 102 cm³/mol. The van der Waals surface area contributed by atoms with Gasteiger partial charge in [0.2, 0.25) is 0 Å². The van der Waals surface area contributed by atoms with E-state index in [0.29, 0.717) is 6.54 Å². The zero-order chi connectivity index (χ0) is 17.9. The average Bonchev–Trinajstić information content (AvgIpc) is 3.02. The van der Waals surface area contributed by atoms with Crippen molar-refractivity contribution in [1.82, 2.24) is 9.88 Å². The highest BCUT2D eigenvalue weighted by Crippen LogP contribution is 2.29. The van der Waals surface area contributed by atoms with Crippen LogP contribution in [0.3, 0.4) is 0 Å². The van der Waals surface area contributed by atoms with Crippen LogP contribution in [0.2, 0.25) is 0 Å². The first kappa shape index (κ1) is 20.1. The van der Waals surface area contributed by atoms with Gasteiger partial charge in [0.15, 0.2) is 0 Å². The first-order chi connectivity index (χ1) is 11.9. The molecule has 0 amide bonds. The fraction of sp³-hybridized carbons (Fsp3) is 0.200. The first-order valence-electron chi connectivity index (χ1n) is 8.00. The molecule has 0 saturated carbocycles. The molecule has 0 aliphatic carbocycles. The summed E-state index contributed by atoms with van der Waals surface area (Å²) in [6, 6.07) is 13.5. The van der Waals surface area contributed by atoms with Crippen molar-refractivity contribution in [3.05, 3.63) is 77.5 Å². The Labute approximate surface area is 156 Å². The maximum atomic E-state index is 12.5. The van der Waals surface area contributed by atoms with Gasteiger partial charge in [-0.2, -0.15) is 13.2 Å². The van der Waals surface area contributed by atoms with Crippen molar-refractivity contribution < 1.29 is 13.2 Å². The van der Waals surface area contributed by atoms with E-state index >= 15 is 0 Å². The highest BCUT2D eigenvalue weighted by Gasteiger charge is 2.29. The van der Waals surface area contributed by atoms with Gasteiger partial charge in [0, 0.05) is 24.8 Å². The summed E-state index contributed by atoms with van der Waals surface area (Å²) in [4.78, 5) is 5.32. The lowest BCUT2D eigenvalue weighted by molar-refractivity contribution is -0.137. The van der Waals surface area contributed by atoms with Crippen molar-refractivity contribution in [2.75, 3.05) is 13.6 Å². The molecule has 0 aliphatic heterocycles. The molecule has 0 fully saturated rings. The zero-order valence-corrected chi connectivity index (χ0v) is 15.1. The molecule has 1 aromatic heterocycles. The number of aromatic amines is 1. The van der Waals surface area contributed by atoms with E-state index in [1.807, 2.05) is 31.5 Å². The van der Waals surface area contributed by atoms with Gasteiger partial charge in [0.25, 0.3) is 0 Å². The molecule has 0 aliphatic rings. The Morgan fingerprint density at radius 2 is 1.77 bits per heavy atom. The van der Waals surface area contributed by atoms with Gasteiger partial charge in [0.05, 0.1) is 5.56 Å². The lowest BCUT2D eigenvalue weighted by Gasteiger charge is -2.14. The number of benzene rings is 2. The van der Waals surface area contributed by atoms with Gasteiger partial charge in [-0.3, -0.25) is 4.90 Å². The van der Waals surface area contributed by atoms with Gasteiger partial charge in [-0.25, -0.2) is 0 Å². The standard InChI is InChI=1S/C20H19F3N2.ClH/c1-25(14-16-6-9-19-17(13-16)10-11-24-19)12-2-3-15-4-7-18(8-5-15)20(21,22)23;/h2-11,13,24H,12,14H2,1H3;1H/b3-2+;. The van der Waals surface area contributed by atoms with E-state index in [1.165, 1.54) is 23.1 Å². The van der Waals surface area contributed by atoms with Crippen LogP contribution in [0.5, 0.6) is 0 Å². The first-order valence-corrected chi connectivity index (χ1v) is 8.00. The maximum absolute atomic E-state index is 12.5. The molecular formula is C20H20ClF3N2. The number of nitrogens with one attached hydrogen (secondary N) is 1. The Morgan fingerprint density at radius 1 is 1.04 bits per heavy atom. The highest BCUT2D eigenvalue weighted by atomic mass is 35.5. The predicted octanol–water partition coefficient (Wildman–Crippen LogP) is 5.75. The molecule has 0 spiro atoms. The number of fused-ring (bicyclic) bond motifs is 1. The summed E-state index contributed by atoms with van der Waals surface area (Å²) in [5.41, 5.74) is 2.48. The van der Waals surface area contributed by atoms with E-state index in [4.69, 9.17) is 0 Å². The Kier molecular flexibility index (Phi) is 6.51. The third-order valence-electron chi connectivity index (χ3n) is 4.04. The summed E-state index contributed by atoms with van der Waals surface area (Å²) >= 11 is 0. The molecule has 2 aromatic carbocycles. The smallest absolute Gasteiger partial charge is 0.361 e. The molecule has 0 unspecified atom stereocenters. The summed E-state index contributed by atoms with van der Waals surface area (Å²) < 4.78 is 37.6. The molecule has 3 rings (SSSR count). The Bertz CT molecular complexity index is 867. The van der Waals surface area contributed by atoms with E-state index in [2.05, 4.69) is 28.1 Å². The number of halogens is 4. The third-order valence-corrected chi connectivity index (χ3v) is 4.04. The monoisotopic (exact) mass is 380 g/mol. The van der Waals surface area contributed by atoms with Crippen molar-refractivity contribution >= 4 is 29.4 Å². The molecule has 138 valence electrons. The highest BCUT2D eigenvalue weighted by molar-refractivity contribution is 5.85. The minimum Gasteiger partial charge on any atom is -0.361 e. The number of H-pyrrole nitrogens is 1. The molecule has 2 nitrogen and oxygen atoms in total. The fourth-order valence-corrected chi connectivity index (χ4v) is 2.73. The van der Waals surface area contributed by atoms with Gasteiger partial charge < -0.3 is 4.98 Å². The average molecular weight is 381 g/mol. The summed E-state index contributed by atoms with van der Waals surface area (Å²) in [5.74, 6) is 0. The molecule has 26 heavy (non-hydrogen) atoms. The summed E-state index contributed by atoms with van der Waals surface area (Å²) in [5, 5.41) is 1.19. The SMILES string of the molecule is CN(C/C=C/c1ccc(C(F)(F)F)cc1)Cc1ccc2[nH]ccc2c1.Cl. The second kappa shape index (κ2) is 8.43. The quantitative estimate of drug-likeness (QED) is 0.596. The molecule has 1 N–H and O–H groups in total. The minimum atomic E-state index is -4.29. The second-order valence-electron chi connectivity index (χ2n) is 6.12. The lowest BCUT2D eigenvalue weighted by atomic mass is 10.1. The van der Waals surface area contributed by atoms with Crippen LogP contribution in [0.4, 0.5) is 13.2 Å². The van der Waals surface area contributed by atoms with Crippen LogP contribution in [0, 0.1) is 0 Å². The van der Waals surface area contributed by atoms with E-state index < -0.39 is 11.7 Å². The van der Waals surface area contributed by atoms with Crippen LogP contribution >= 0.6 is 12.4 Å². The molecule has 0 saturated heterocycles. The number of likely N-dealkylation sites (N-methyl/N-ethyl adjacent to an activating group) is 1. The van der Waals surface area contributed by atoms with E-state index in [1.54, 1.807) is 0 Å². The third kappa shape index (κ3) is 5.13. The van der Waals surface area contributed by atoms with Crippen LogP contribution in [0.15, 0.2) is 60.8 Å². The number of hydrogen-bond donors (Lipinski definition) is 1. The van der Waals surface area contributed by atoms with Crippen molar-refractivity contribution in [3.63, 3.8) is 0 Å². The summed E-state index contributed by atoms with van der Waals surface area (Å²) in [6.45, 7) is 1.52. The van der Waals surface area contributed by atoms with Gasteiger partial charge in [-0.1, -0.05) is 30.4 Å². The fourth-order valence-electron chi connectivity index (χ4n) is 2.73. The topological polar surface area (TPSA) is 19.0 Å². The van der Waals surface area contributed by atoms with Crippen LogP contribution in [-0.2, 0) is 12.7 Å². The van der Waals surface area contributed by atoms with Gasteiger partial charge in [0.1, 0.15) is 0 Å². The van der Waals surface area contributed by atoms with E-state index in [0.717, 1.165) is 29.8 Å². The molecule has 6 heteroatoms. The van der Waals surface area contributed by atoms with Crippen LogP contribution in [0.25, 0.3) is 17.0 Å². The second-order valence-corrected chi connectivity index (χ2v) is 6.12. The van der Waals surface area contributed by atoms with E-state index in [9.17, 15) is 13.2 Å². The van der Waals surface area contributed by atoms with Crippen molar-refractivity contribution in [2.24, 2.45) is 0 Å². The van der Waals surface area contributed by atoms with Gasteiger partial charge in [-0.05, 0) is 53.9 Å². The summed E-state index contributed by atoms with van der Waals surface area (Å²) in [7, 11) is 2.01. The number of hydrogen-bond acceptors (Lipinski definition) is 1. The Morgan fingerprint density at radius 3 is 2.46 bits per heavy atom. The van der Waals surface area contributed by atoms with Crippen molar-refractivity contribution in [1.29, 1.82) is 0 Å². The Balaban J connectivity index is 0.00000243. The van der Waals surface area contributed by atoms with Crippen molar-refractivity contribution in [2.45, 2.75) is 12.7 Å². The van der Waals surface area contributed by atoms with Crippen LogP contribution in [-0.4, -0.2) is 23.5 Å². The minimum absolute atomic E-state index is 0. The Hall–Kier alpha value is -2.24. The van der Waals surface area contributed by atoms with Crippen LogP contribution in [0.1, 0.15) is 16.7 Å². The van der Waals surface area contributed by atoms with Gasteiger partial charge >= 0.3 is 6.18 Å². The number of alkyl halides is 3. The lowest BCUT2D eigenvalue weighted by Crippen LogP contribution is -2.17. The zero-order valence-electron chi connectivity index (χ0n) is 14.3. The molecule has 3 aromatic rings. The number of aromatic nitrogens is 1. The largest absolute Gasteiger partial charge is 0.416 e. The summed E-state index contributed by atoms with van der Waals surface area (Å²) in [6.07, 6.45) is 1.43. The van der Waals surface area contributed by atoms with Gasteiger partial charge in [-0.15, -0.1) is 12.4 Å². The molecule has 0 bridgehead atoms. The normalized spacial score (nSPS) is 12.0. The molecule has 1 heterocycles. The van der Waals surface area contributed by atoms with E-state index in [-0.39, 0.29) is 12.4 Å².